The van der Waals surface area contributed by atoms with Gasteiger partial charge in [0.25, 0.3) is 0 Å². The summed E-state index contributed by atoms with van der Waals surface area (Å²) < 4.78 is 10.8. The lowest BCUT2D eigenvalue weighted by molar-refractivity contribution is -0.123. The first-order valence-electron chi connectivity index (χ1n) is 11.2. The maximum Gasteiger partial charge on any atom is 0.227 e. The molecule has 2 aliphatic rings. The smallest absolute Gasteiger partial charge is 0.227 e. The molecule has 2 aromatic carbocycles. The molecule has 0 aliphatic heterocycles. The molecule has 1 fully saturated rings. The van der Waals surface area contributed by atoms with Crippen molar-refractivity contribution in [2.24, 2.45) is 5.92 Å². The van der Waals surface area contributed by atoms with Crippen LogP contribution >= 0.6 is 0 Å². The summed E-state index contributed by atoms with van der Waals surface area (Å²) in [5.74, 6) is 1.75. The fourth-order valence-corrected chi connectivity index (χ4v) is 4.86. The van der Waals surface area contributed by atoms with Crippen LogP contribution in [0.1, 0.15) is 66.8 Å². The lowest BCUT2D eigenvalue weighted by Gasteiger charge is -2.19. The number of carbonyl (C=O) groups excluding carboxylic acids is 2. The lowest BCUT2D eigenvalue weighted by atomic mass is 9.93. The van der Waals surface area contributed by atoms with E-state index in [1.165, 1.54) is 11.1 Å². The van der Waals surface area contributed by atoms with Gasteiger partial charge in [-0.05, 0) is 73.4 Å². The number of hydrogen-bond donors (Lipinski definition) is 1. The minimum absolute atomic E-state index is 0.0163. The van der Waals surface area contributed by atoms with Crippen LogP contribution in [-0.4, -0.2) is 25.9 Å². The van der Waals surface area contributed by atoms with E-state index in [9.17, 15) is 9.59 Å². The van der Waals surface area contributed by atoms with Crippen molar-refractivity contribution in [3.05, 3.63) is 58.7 Å². The molecule has 1 amide bonds. The van der Waals surface area contributed by atoms with Crippen LogP contribution in [0.3, 0.4) is 0 Å². The van der Waals surface area contributed by atoms with E-state index in [0.29, 0.717) is 11.5 Å². The van der Waals surface area contributed by atoms with Crippen LogP contribution in [0.4, 0.5) is 0 Å². The number of aryl methyl sites for hydroxylation is 1. The number of Topliss-reactive ketones (excluding diaryl/α,β-unsaturated/α-hetero) is 1. The summed E-state index contributed by atoms with van der Waals surface area (Å²) in [5.41, 5.74) is 4.46. The fourth-order valence-electron chi connectivity index (χ4n) is 4.86. The zero-order valence-electron chi connectivity index (χ0n) is 18.6. The molecule has 2 aliphatic carbocycles. The number of nitrogens with one attached hydrogen (secondary N) is 1. The average Bonchev–Trinajstić information content (AvgIpc) is 3.38. The van der Waals surface area contributed by atoms with Crippen LogP contribution in [0, 0.1) is 5.92 Å². The van der Waals surface area contributed by atoms with Crippen molar-refractivity contribution in [2.45, 2.75) is 57.4 Å². The van der Waals surface area contributed by atoms with Crippen LogP contribution in [-0.2, 0) is 22.4 Å². The molecule has 0 spiro atoms. The number of rotatable bonds is 7. The Labute approximate surface area is 184 Å². The Morgan fingerprint density at radius 3 is 2.42 bits per heavy atom. The molecule has 3 atom stereocenters. The van der Waals surface area contributed by atoms with Crippen LogP contribution in [0.15, 0.2) is 36.4 Å². The minimum Gasteiger partial charge on any atom is -0.493 e. The number of hydrogen-bond acceptors (Lipinski definition) is 4. The molecule has 31 heavy (non-hydrogen) atoms. The van der Waals surface area contributed by atoms with Gasteiger partial charge in [0, 0.05) is 12.3 Å². The van der Waals surface area contributed by atoms with Gasteiger partial charge in [0.15, 0.2) is 11.5 Å². The summed E-state index contributed by atoms with van der Waals surface area (Å²) in [6.07, 6.45) is 5.33. The predicted molar refractivity (Wildman–Crippen MR) is 120 cm³/mol. The van der Waals surface area contributed by atoms with Gasteiger partial charge in [0.1, 0.15) is 5.78 Å². The third-order valence-electron chi connectivity index (χ3n) is 6.83. The van der Waals surface area contributed by atoms with E-state index in [4.69, 9.17) is 9.47 Å². The summed E-state index contributed by atoms with van der Waals surface area (Å²) in [4.78, 5) is 24.9. The second kappa shape index (κ2) is 9.13. The summed E-state index contributed by atoms with van der Waals surface area (Å²) in [6, 6.07) is 12.1. The fraction of sp³-hybridized carbons (Fsp3) is 0.462. The molecule has 0 saturated heterocycles. The standard InChI is InChI=1S/C26H31NO4/c1-16(18-9-7-17(8-10-18)13-20-5-4-6-23(20)28)26(29)27-22-12-11-19-14-24(30-2)25(31-3)15-21(19)22/h7-10,14-16,20,22H,4-6,11-13H2,1-3H3,(H,27,29)/t16-,20+,22-/m1/s1. The van der Waals surface area contributed by atoms with Gasteiger partial charge in [-0.25, -0.2) is 0 Å². The van der Waals surface area contributed by atoms with Gasteiger partial charge >= 0.3 is 0 Å². The molecule has 0 bridgehead atoms. The lowest BCUT2D eigenvalue weighted by Crippen LogP contribution is -2.31. The molecular weight excluding hydrogens is 390 g/mol. The predicted octanol–water partition coefficient (Wildman–Crippen LogP) is 4.52. The Bertz CT molecular complexity index is 966. The van der Waals surface area contributed by atoms with Crippen molar-refractivity contribution in [1.29, 1.82) is 0 Å². The van der Waals surface area contributed by atoms with Gasteiger partial charge in [-0.15, -0.1) is 0 Å². The normalized spacial score (nSPS) is 20.9. The molecule has 0 unspecified atom stereocenters. The van der Waals surface area contributed by atoms with Crippen molar-refractivity contribution < 1.29 is 19.1 Å². The van der Waals surface area contributed by atoms with Crippen LogP contribution < -0.4 is 14.8 Å². The monoisotopic (exact) mass is 421 g/mol. The van der Waals surface area contributed by atoms with Gasteiger partial charge in [-0.3, -0.25) is 9.59 Å². The molecule has 5 nitrogen and oxygen atoms in total. The second-order valence-electron chi connectivity index (χ2n) is 8.73. The number of methoxy groups -OCH3 is 2. The van der Waals surface area contributed by atoms with Crippen LogP contribution in [0.2, 0.25) is 0 Å². The van der Waals surface area contributed by atoms with E-state index in [1.807, 2.05) is 31.2 Å². The highest BCUT2D eigenvalue weighted by Gasteiger charge is 2.28. The highest BCUT2D eigenvalue weighted by atomic mass is 16.5. The quantitative estimate of drug-likeness (QED) is 0.714. The molecular formula is C26H31NO4. The van der Waals surface area contributed by atoms with Crippen molar-refractivity contribution in [2.75, 3.05) is 14.2 Å². The number of carbonyl (C=O) groups is 2. The van der Waals surface area contributed by atoms with Gasteiger partial charge in [-0.2, -0.15) is 0 Å². The number of ketones is 1. The molecule has 164 valence electrons. The maximum atomic E-state index is 13.0. The van der Waals surface area contributed by atoms with Crippen LogP contribution in [0.5, 0.6) is 11.5 Å². The van der Waals surface area contributed by atoms with E-state index in [1.54, 1.807) is 14.2 Å². The summed E-state index contributed by atoms with van der Waals surface area (Å²) in [5, 5.41) is 3.22. The number of fused-ring (bicyclic) bond motifs is 1. The molecule has 1 saturated carbocycles. The summed E-state index contributed by atoms with van der Waals surface area (Å²) >= 11 is 0. The van der Waals surface area contributed by atoms with Crippen molar-refractivity contribution >= 4 is 11.7 Å². The van der Waals surface area contributed by atoms with Gasteiger partial charge in [0.05, 0.1) is 26.2 Å². The highest BCUT2D eigenvalue weighted by molar-refractivity contribution is 5.84. The third-order valence-corrected chi connectivity index (χ3v) is 6.83. The van der Waals surface area contributed by atoms with Gasteiger partial charge in [-0.1, -0.05) is 24.3 Å². The van der Waals surface area contributed by atoms with Crippen molar-refractivity contribution in [3.63, 3.8) is 0 Å². The first-order valence-corrected chi connectivity index (χ1v) is 11.2. The Balaban J connectivity index is 1.41. The van der Waals surface area contributed by atoms with Crippen molar-refractivity contribution in [3.8, 4) is 11.5 Å². The zero-order valence-corrected chi connectivity index (χ0v) is 18.6. The Morgan fingerprint density at radius 2 is 1.77 bits per heavy atom. The highest BCUT2D eigenvalue weighted by Crippen LogP contribution is 2.39. The molecule has 5 heteroatoms. The third kappa shape index (κ3) is 4.46. The maximum absolute atomic E-state index is 13.0. The number of ether oxygens (including phenoxy) is 2. The molecule has 1 N–H and O–H groups in total. The second-order valence-corrected chi connectivity index (χ2v) is 8.73. The Hall–Kier alpha value is -2.82. The SMILES string of the molecule is COc1cc2c(cc1OC)[C@H](NC(=O)[C@H](C)c1ccc(C[C@@H]3CCCC3=O)cc1)CC2. The molecule has 0 aromatic heterocycles. The number of benzene rings is 2. The summed E-state index contributed by atoms with van der Waals surface area (Å²) in [7, 11) is 3.26. The van der Waals surface area contributed by atoms with E-state index in [-0.39, 0.29) is 23.8 Å². The van der Waals surface area contributed by atoms with E-state index >= 15 is 0 Å². The van der Waals surface area contributed by atoms with E-state index in [0.717, 1.165) is 55.4 Å². The summed E-state index contributed by atoms with van der Waals surface area (Å²) in [6.45, 7) is 1.94. The Morgan fingerprint density at radius 1 is 1.06 bits per heavy atom. The van der Waals surface area contributed by atoms with Gasteiger partial charge in [0.2, 0.25) is 5.91 Å². The molecule has 0 radical (unpaired) electrons. The van der Waals surface area contributed by atoms with E-state index in [2.05, 4.69) is 17.4 Å². The molecule has 0 heterocycles. The minimum atomic E-state index is -0.244. The first-order chi connectivity index (χ1) is 15.0. The van der Waals surface area contributed by atoms with Crippen LogP contribution in [0.25, 0.3) is 0 Å². The first kappa shape index (κ1) is 21.4. The molecule has 2 aromatic rings. The van der Waals surface area contributed by atoms with E-state index < -0.39 is 0 Å². The topological polar surface area (TPSA) is 64.6 Å². The van der Waals surface area contributed by atoms with Crippen molar-refractivity contribution in [1.82, 2.24) is 5.32 Å². The largest absolute Gasteiger partial charge is 0.493 e. The average molecular weight is 422 g/mol. The zero-order chi connectivity index (χ0) is 22.0. The Kier molecular flexibility index (Phi) is 6.30. The number of amides is 1. The molecule has 4 rings (SSSR count). The van der Waals surface area contributed by atoms with Gasteiger partial charge < -0.3 is 14.8 Å².